The Kier molecular flexibility index (Phi) is 5.78. The Bertz CT molecular complexity index is 2540. The fourth-order valence-corrected chi connectivity index (χ4v) is 6.15. The highest BCUT2D eigenvalue weighted by Gasteiger charge is 2.15. The molecule has 0 saturated heterocycles. The third kappa shape index (κ3) is 4.52. The number of benzene rings is 7. The quantitative estimate of drug-likeness (QED) is 0.209. The Morgan fingerprint density at radius 2 is 0.844 bits per heavy atom. The smallest absolute Gasteiger partial charge is 0.164 e. The summed E-state index contributed by atoms with van der Waals surface area (Å²) < 4.78 is 6.44. The molecule has 0 spiro atoms. The molecule has 0 fully saturated rings. The molecule has 4 nitrogen and oxygen atoms in total. The minimum absolute atomic E-state index is 0.604. The molecule has 9 rings (SSSR count). The van der Waals surface area contributed by atoms with Gasteiger partial charge in [-0.25, -0.2) is 15.0 Å². The van der Waals surface area contributed by atoms with Gasteiger partial charge in [0.15, 0.2) is 17.5 Å². The maximum Gasteiger partial charge on any atom is 0.164 e. The molecule has 0 N–H and O–H groups in total. The van der Waals surface area contributed by atoms with Crippen molar-refractivity contribution in [1.82, 2.24) is 15.0 Å². The van der Waals surface area contributed by atoms with Crippen LogP contribution in [0.5, 0.6) is 0 Å². The van der Waals surface area contributed by atoms with Crippen LogP contribution in [0.4, 0.5) is 0 Å². The monoisotopic (exact) mass is 575 g/mol. The predicted molar refractivity (Wildman–Crippen MR) is 184 cm³/mol. The molecule has 7 aromatic carbocycles. The first-order chi connectivity index (χ1) is 22.2. The molecule has 210 valence electrons. The summed E-state index contributed by atoms with van der Waals surface area (Å²) in [4.78, 5) is 14.8. The highest BCUT2D eigenvalue weighted by Crippen LogP contribution is 2.36. The number of furan rings is 1. The zero-order valence-corrected chi connectivity index (χ0v) is 24.2. The van der Waals surface area contributed by atoms with Crippen LogP contribution in [0.3, 0.4) is 0 Å². The van der Waals surface area contributed by atoms with Gasteiger partial charge in [0, 0.05) is 27.5 Å². The molecular formula is C41H25N3O. The molecule has 0 bridgehead atoms. The van der Waals surface area contributed by atoms with Crippen LogP contribution in [0.1, 0.15) is 0 Å². The number of hydrogen-bond acceptors (Lipinski definition) is 4. The second-order valence-corrected chi connectivity index (χ2v) is 11.3. The van der Waals surface area contributed by atoms with Crippen molar-refractivity contribution < 1.29 is 4.42 Å². The van der Waals surface area contributed by atoms with Crippen LogP contribution in [-0.2, 0) is 0 Å². The summed E-state index contributed by atoms with van der Waals surface area (Å²) in [5, 5.41) is 6.80. The normalized spacial score (nSPS) is 11.6. The molecule has 0 radical (unpaired) electrons. The number of rotatable bonds is 4. The van der Waals surface area contributed by atoms with E-state index >= 15 is 0 Å². The van der Waals surface area contributed by atoms with E-state index in [0.717, 1.165) is 49.4 Å². The first-order valence-electron chi connectivity index (χ1n) is 15.0. The first-order valence-corrected chi connectivity index (χ1v) is 15.0. The van der Waals surface area contributed by atoms with E-state index in [0.29, 0.717) is 17.5 Å². The van der Waals surface area contributed by atoms with E-state index in [1.165, 1.54) is 21.9 Å². The lowest BCUT2D eigenvalue weighted by Crippen LogP contribution is -2.00. The fraction of sp³-hybridized carbons (Fsp3) is 0. The van der Waals surface area contributed by atoms with Gasteiger partial charge < -0.3 is 4.42 Å². The van der Waals surface area contributed by atoms with Crippen molar-refractivity contribution in [1.29, 1.82) is 0 Å². The first kappa shape index (κ1) is 25.4. The van der Waals surface area contributed by atoms with Crippen LogP contribution in [0, 0.1) is 0 Å². The van der Waals surface area contributed by atoms with Crippen molar-refractivity contribution >= 4 is 43.5 Å². The molecule has 0 aliphatic heterocycles. The van der Waals surface area contributed by atoms with Gasteiger partial charge in [-0.2, -0.15) is 0 Å². The average molecular weight is 576 g/mol. The van der Waals surface area contributed by atoms with Gasteiger partial charge in [-0.1, -0.05) is 115 Å². The SMILES string of the molecule is c1ccc(-c2ccc3cc4oc5cc(-c6nc(-c7ccccc7)nc(-c7ccc8ccccc8c7)n6)ccc5c4cc3c2)cc1. The molecule has 2 aromatic heterocycles. The molecule has 0 unspecified atom stereocenters. The van der Waals surface area contributed by atoms with Crippen LogP contribution in [-0.4, -0.2) is 15.0 Å². The summed E-state index contributed by atoms with van der Waals surface area (Å²) >= 11 is 0. The van der Waals surface area contributed by atoms with Gasteiger partial charge >= 0.3 is 0 Å². The molecule has 4 heteroatoms. The van der Waals surface area contributed by atoms with Gasteiger partial charge in [-0.15, -0.1) is 0 Å². The fourth-order valence-electron chi connectivity index (χ4n) is 6.15. The van der Waals surface area contributed by atoms with Crippen molar-refractivity contribution in [2.45, 2.75) is 0 Å². The van der Waals surface area contributed by atoms with E-state index in [9.17, 15) is 0 Å². The standard InChI is InChI=1S/C41H25N3O/c1-3-9-26(10-4-1)30-16-17-31-24-38-36(23-34(31)22-30)35-20-19-33(25-37(35)45-38)41-43-39(28-12-5-2-6-13-28)42-40(44-41)32-18-15-27-11-7-8-14-29(27)21-32/h1-25H. The van der Waals surface area contributed by atoms with Crippen LogP contribution in [0.15, 0.2) is 156 Å². The topological polar surface area (TPSA) is 51.8 Å². The Labute approximate surface area is 259 Å². The van der Waals surface area contributed by atoms with Crippen molar-refractivity contribution in [3.05, 3.63) is 152 Å². The number of aromatic nitrogens is 3. The molecule has 0 aliphatic carbocycles. The van der Waals surface area contributed by atoms with Crippen LogP contribution >= 0.6 is 0 Å². The summed E-state index contributed by atoms with van der Waals surface area (Å²) in [6.45, 7) is 0. The van der Waals surface area contributed by atoms with Crippen LogP contribution < -0.4 is 0 Å². The Morgan fingerprint density at radius 3 is 1.62 bits per heavy atom. The number of fused-ring (bicyclic) bond motifs is 5. The van der Waals surface area contributed by atoms with E-state index in [1.807, 2.05) is 48.5 Å². The van der Waals surface area contributed by atoms with E-state index < -0.39 is 0 Å². The van der Waals surface area contributed by atoms with E-state index in [1.54, 1.807) is 0 Å². The lowest BCUT2D eigenvalue weighted by atomic mass is 9.99. The zero-order valence-electron chi connectivity index (χ0n) is 24.2. The minimum Gasteiger partial charge on any atom is -0.456 e. The molecule has 2 heterocycles. The summed E-state index contributed by atoms with van der Waals surface area (Å²) in [5.41, 5.74) is 6.82. The second kappa shape index (κ2) is 10.2. The molecule has 0 aliphatic rings. The summed E-state index contributed by atoms with van der Waals surface area (Å²) in [6.07, 6.45) is 0. The Hall–Kier alpha value is -6.13. The largest absolute Gasteiger partial charge is 0.456 e. The predicted octanol–water partition coefficient (Wildman–Crippen LogP) is 10.7. The average Bonchev–Trinajstić information content (AvgIpc) is 3.47. The number of hydrogen-bond donors (Lipinski definition) is 0. The maximum absolute atomic E-state index is 6.44. The lowest BCUT2D eigenvalue weighted by molar-refractivity contribution is 0.669. The Balaban J connectivity index is 1.18. The summed E-state index contributed by atoms with van der Waals surface area (Å²) in [7, 11) is 0. The molecule has 9 aromatic rings. The highest BCUT2D eigenvalue weighted by atomic mass is 16.3. The van der Waals surface area contributed by atoms with Crippen molar-refractivity contribution in [2.24, 2.45) is 0 Å². The molecular weight excluding hydrogens is 550 g/mol. The van der Waals surface area contributed by atoms with E-state index in [2.05, 4.69) is 103 Å². The number of nitrogens with zero attached hydrogens (tertiary/aromatic N) is 3. The lowest BCUT2D eigenvalue weighted by Gasteiger charge is -2.09. The van der Waals surface area contributed by atoms with Gasteiger partial charge in [0.05, 0.1) is 0 Å². The van der Waals surface area contributed by atoms with Crippen molar-refractivity contribution in [3.8, 4) is 45.3 Å². The van der Waals surface area contributed by atoms with Gasteiger partial charge in [-0.3, -0.25) is 0 Å². The van der Waals surface area contributed by atoms with Crippen molar-refractivity contribution in [2.75, 3.05) is 0 Å². The van der Waals surface area contributed by atoms with Crippen molar-refractivity contribution in [3.63, 3.8) is 0 Å². The van der Waals surface area contributed by atoms with Gasteiger partial charge in [0.1, 0.15) is 11.2 Å². The van der Waals surface area contributed by atoms with Gasteiger partial charge in [0.25, 0.3) is 0 Å². The summed E-state index contributed by atoms with van der Waals surface area (Å²) in [5.74, 6) is 1.87. The highest BCUT2D eigenvalue weighted by molar-refractivity contribution is 6.11. The molecule has 45 heavy (non-hydrogen) atoms. The van der Waals surface area contributed by atoms with Gasteiger partial charge in [0.2, 0.25) is 0 Å². The molecule has 0 amide bonds. The minimum atomic E-state index is 0.604. The maximum atomic E-state index is 6.44. The molecule has 0 saturated carbocycles. The van der Waals surface area contributed by atoms with E-state index in [4.69, 9.17) is 19.4 Å². The Morgan fingerprint density at radius 1 is 0.311 bits per heavy atom. The third-order valence-electron chi connectivity index (χ3n) is 8.47. The van der Waals surface area contributed by atoms with E-state index in [-0.39, 0.29) is 0 Å². The molecule has 0 atom stereocenters. The summed E-state index contributed by atoms with van der Waals surface area (Å²) in [6, 6.07) is 52.4. The van der Waals surface area contributed by atoms with Crippen LogP contribution in [0.2, 0.25) is 0 Å². The van der Waals surface area contributed by atoms with Gasteiger partial charge in [-0.05, 0) is 69.1 Å². The third-order valence-corrected chi connectivity index (χ3v) is 8.47. The van der Waals surface area contributed by atoms with Crippen LogP contribution in [0.25, 0.3) is 88.8 Å². The second-order valence-electron chi connectivity index (χ2n) is 11.3. The zero-order chi connectivity index (χ0) is 29.7.